The lowest BCUT2D eigenvalue weighted by molar-refractivity contribution is 0.0786. The molecule has 112 valence electrons. The first-order valence-electron chi connectivity index (χ1n) is 6.93. The quantitative estimate of drug-likeness (QED) is 0.809. The molecular weight excluding hydrogens is 348 g/mol. The summed E-state index contributed by atoms with van der Waals surface area (Å²) in [6, 6.07) is 9.73. The number of para-hydroxylation sites is 1. The minimum absolute atomic E-state index is 0.0384. The van der Waals surface area contributed by atoms with E-state index in [1.807, 2.05) is 31.3 Å². The molecule has 0 saturated heterocycles. The van der Waals surface area contributed by atoms with Gasteiger partial charge in [0.25, 0.3) is 5.91 Å². The van der Waals surface area contributed by atoms with Gasteiger partial charge in [0.1, 0.15) is 0 Å². The number of anilines is 1. The zero-order chi connectivity index (χ0) is 15.2. The summed E-state index contributed by atoms with van der Waals surface area (Å²) in [6.07, 6.45) is 1.03. The van der Waals surface area contributed by atoms with Gasteiger partial charge in [-0.15, -0.1) is 11.3 Å². The van der Waals surface area contributed by atoms with Crippen LogP contribution in [0.2, 0.25) is 0 Å². The third kappa shape index (κ3) is 4.32. The highest BCUT2D eigenvalue weighted by Crippen LogP contribution is 2.23. The van der Waals surface area contributed by atoms with Crippen molar-refractivity contribution in [2.45, 2.75) is 19.9 Å². The lowest BCUT2D eigenvalue weighted by Crippen LogP contribution is -2.26. The van der Waals surface area contributed by atoms with Crippen molar-refractivity contribution in [2.75, 3.05) is 18.9 Å². The molecule has 0 radical (unpaired) electrons. The second-order valence-electron chi connectivity index (χ2n) is 4.89. The molecule has 2 aromatic rings. The molecule has 0 fully saturated rings. The first-order chi connectivity index (χ1) is 10.1. The molecule has 1 N–H and O–H groups in total. The number of carbonyl (C=O) groups is 1. The number of halogens is 1. The maximum absolute atomic E-state index is 12.6. The van der Waals surface area contributed by atoms with Crippen LogP contribution in [0.5, 0.6) is 0 Å². The van der Waals surface area contributed by atoms with Crippen LogP contribution in [0.15, 0.2) is 39.5 Å². The van der Waals surface area contributed by atoms with Gasteiger partial charge in [0.15, 0.2) is 0 Å². The Hall–Kier alpha value is -1.33. The summed E-state index contributed by atoms with van der Waals surface area (Å²) in [5.41, 5.74) is 2.77. The number of nitrogens with zero attached hydrogens (tertiary/aromatic N) is 1. The Morgan fingerprint density at radius 2 is 2.14 bits per heavy atom. The molecule has 0 unspecified atom stereocenters. The van der Waals surface area contributed by atoms with Crippen molar-refractivity contribution in [2.24, 2.45) is 0 Å². The third-order valence-electron chi connectivity index (χ3n) is 3.11. The fourth-order valence-electron chi connectivity index (χ4n) is 2.06. The summed E-state index contributed by atoms with van der Waals surface area (Å²) in [6.45, 7) is 3.59. The third-order valence-corrected chi connectivity index (χ3v) is 4.66. The minimum Gasteiger partial charge on any atom is -0.384 e. The molecule has 0 aliphatic carbocycles. The second-order valence-corrected chi connectivity index (χ2v) is 7.18. The predicted molar refractivity (Wildman–Crippen MR) is 93.0 cm³/mol. The van der Waals surface area contributed by atoms with Crippen molar-refractivity contribution in [3.05, 3.63) is 50.6 Å². The number of nitrogens with one attached hydrogen (secondary N) is 1. The number of benzene rings is 1. The van der Waals surface area contributed by atoms with E-state index in [1.165, 1.54) is 0 Å². The summed E-state index contributed by atoms with van der Waals surface area (Å²) in [5, 5.41) is 5.38. The number of amides is 1. The van der Waals surface area contributed by atoms with E-state index < -0.39 is 0 Å². The van der Waals surface area contributed by atoms with Crippen LogP contribution < -0.4 is 5.32 Å². The Balaban J connectivity index is 2.11. The van der Waals surface area contributed by atoms with E-state index in [0.29, 0.717) is 6.54 Å². The van der Waals surface area contributed by atoms with E-state index in [0.717, 1.165) is 33.6 Å². The molecule has 2 rings (SSSR count). The maximum Gasteiger partial charge on any atom is 0.255 e. The van der Waals surface area contributed by atoms with Crippen molar-refractivity contribution in [3.8, 4) is 0 Å². The number of hydrogen-bond acceptors (Lipinski definition) is 3. The minimum atomic E-state index is 0.0384. The summed E-state index contributed by atoms with van der Waals surface area (Å²) >= 11 is 5.08. The standard InChI is InChI=1S/C16H19BrN2OS/c1-3-8-18-14-7-5-4-6-13(14)16(20)19(2)10-12-9-15(17)21-11-12/h4-7,9,11,18H,3,8,10H2,1-2H3. The highest BCUT2D eigenvalue weighted by atomic mass is 79.9. The van der Waals surface area contributed by atoms with Crippen LogP contribution in [0.25, 0.3) is 0 Å². The molecule has 0 spiro atoms. The Bertz CT molecular complexity index is 612. The number of thiophene rings is 1. The molecule has 0 aliphatic heterocycles. The zero-order valence-electron chi connectivity index (χ0n) is 12.2. The van der Waals surface area contributed by atoms with E-state index in [2.05, 4.69) is 39.6 Å². The Kier molecular flexibility index (Phi) is 5.82. The van der Waals surface area contributed by atoms with Crippen LogP contribution in [-0.4, -0.2) is 24.4 Å². The zero-order valence-corrected chi connectivity index (χ0v) is 14.6. The molecule has 0 atom stereocenters. The van der Waals surface area contributed by atoms with Crippen molar-refractivity contribution in [3.63, 3.8) is 0 Å². The van der Waals surface area contributed by atoms with Gasteiger partial charge in [-0.3, -0.25) is 4.79 Å². The summed E-state index contributed by atoms with van der Waals surface area (Å²) in [7, 11) is 1.84. The topological polar surface area (TPSA) is 32.3 Å². The van der Waals surface area contributed by atoms with Gasteiger partial charge >= 0.3 is 0 Å². The smallest absolute Gasteiger partial charge is 0.255 e. The van der Waals surface area contributed by atoms with E-state index >= 15 is 0 Å². The number of carbonyl (C=O) groups excluding carboxylic acids is 1. The molecule has 21 heavy (non-hydrogen) atoms. The van der Waals surface area contributed by atoms with Gasteiger partial charge in [-0.2, -0.15) is 0 Å². The van der Waals surface area contributed by atoms with Crippen molar-refractivity contribution in [1.82, 2.24) is 4.90 Å². The molecule has 5 heteroatoms. The first kappa shape index (κ1) is 16.0. The highest BCUT2D eigenvalue weighted by molar-refractivity contribution is 9.11. The van der Waals surface area contributed by atoms with Gasteiger partial charge in [0, 0.05) is 25.8 Å². The Labute approximate surface area is 138 Å². The molecule has 1 amide bonds. The average molecular weight is 367 g/mol. The summed E-state index contributed by atoms with van der Waals surface area (Å²) < 4.78 is 1.09. The van der Waals surface area contributed by atoms with Crippen LogP contribution in [0.4, 0.5) is 5.69 Å². The van der Waals surface area contributed by atoms with Crippen LogP contribution in [0.1, 0.15) is 29.3 Å². The van der Waals surface area contributed by atoms with Crippen LogP contribution >= 0.6 is 27.3 Å². The molecule has 1 aromatic heterocycles. The molecule has 0 saturated carbocycles. The fraction of sp³-hybridized carbons (Fsp3) is 0.312. The highest BCUT2D eigenvalue weighted by Gasteiger charge is 2.16. The predicted octanol–water partition coefficient (Wildman–Crippen LogP) is 4.60. The SMILES string of the molecule is CCCNc1ccccc1C(=O)N(C)Cc1csc(Br)c1. The molecule has 1 heterocycles. The summed E-state index contributed by atoms with van der Waals surface area (Å²) in [4.78, 5) is 14.4. The van der Waals surface area contributed by atoms with Gasteiger partial charge in [-0.1, -0.05) is 19.1 Å². The van der Waals surface area contributed by atoms with Crippen molar-refractivity contribution >= 4 is 38.9 Å². The van der Waals surface area contributed by atoms with Crippen LogP contribution in [0, 0.1) is 0 Å². The van der Waals surface area contributed by atoms with Crippen molar-refractivity contribution < 1.29 is 4.79 Å². The molecule has 1 aromatic carbocycles. The van der Waals surface area contributed by atoms with E-state index in [1.54, 1.807) is 16.2 Å². The number of hydrogen-bond donors (Lipinski definition) is 1. The molecule has 0 bridgehead atoms. The van der Waals surface area contributed by atoms with Crippen LogP contribution in [0.3, 0.4) is 0 Å². The van der Waals surface area contributed by atoms with Gasteiger partial charge in [0.05, 0.1) is 9.35 Å². The first-order valence-corrected chi connectivity index (χ1v) is 8.60. The van der Waals surface area contributed by atoms with E-state index in [-0.39, 0.29) is 5.91 Å². The monoisotopic (exact) mass is 366 g/mol. The van der Waals surface area contributed by atoms with Gasteiger partial charge in [-0.05, 0) is 51.5 Å². The van der Waals surface area contributed by atoms with E-state index in [4.69, 9.17) is 0 Å². The summed E-state index contributed by atoms with van der Waals surface area (Å²) in [5.74, 6) is 0.0384. The normalized spacial score (nSPS) is 10.4. The largest absolute Gasteiger partial charge is 0.384 e. The Morgan fingerprint density at radius 1 is 1.38 bits per heavy atom. The number of rotatable bonds is 6. The van der Waals surface area contributed by atoms with Gasteiger partial charge in [0.2, 0.25) is 0 Å². The molecule has 3 nitrogen and oxygen atoms in total. The van der Waals surface area contributed by atoms with Crippen LogP contribution in [-0.2, 0) is 6.54 Å². The van der Waals surface area contributed by atoms with Gasteiger partial charge in [-0.25, -0.2) is 0 Å². The second kappa shape index (κ2) is 7.61. The fourth-order valence-corrected chi connectivity index (χ4v) is 3.26. The van der Waals surface area contributed by atoms with E-state index in [9.17, 15) is 4.79 Å². The Morgan fingerprint density at radius 3 is 2.81 bits per heavy atom. The van der Waals surface area contributed by atoms with Crippen molar-refractivity contribution in [1.29, 1.82) is 0 Å². The molecule has 0 aliphatic rings. The molecular formula is C16H19BrN2OS. The lowest BCUT2D eigenvalue weighted by Gasteiger charge is -2.19. The lowest BCUT2D eigenvalue weighted by atomic mass is 10.1. The maximum atomic E-state index is 12.6. The van der Waals surface area contributed by atoms with Gasteiger partial charge < -0.3 is 10.2 Å². The average Bonchev–Trinajstić information content (AvgIpc) is 2.89.